The van der Waals surface area contributed by atoms with Crippen molar-refractivity contribution in [3.05, 3.63) is 119 Å². The van der Waals surface area contributed by atoms with E-state index in [0.29, 0.717) is 5.92 Å². The maximum Gasteiger partial charge on any atom is -0.172 e. The third-order valence-electron chi connectivity index (χ3n) is 8.39. The molecule has 3 heteroatoms. The van der Waals surface area contributed by atoms with Crippen LogP contribution in [0, 0.1) is 5.92 Å². The Morgan fingerprint density at radius 2 is 1.19 bits per heavy atom. The predicted molar refractivity (Wildman–Crippen MR) is 178 cm³/mol. The molecule has 0 atom stereocenters. The summed E-state index contributed by atoms with van der Waals surface area (Å²) in [5, 5.41) is 5.48. The molecule has 5 aromatic carbocycles. The topological polar surface area (TPSA) is 0 Å². The molecule has 0 aliphatic heterocycles. The predicted octanol–water partition coefficient (Wildman–Crippen LogP) is 5.40. The van der Waals surface area contributed by atoms with Crippen molar-refractivity contribution in [3.63, 3.8) is 0 Å². The Balaban J connectivity index is 0.000000256. The van der Waals surface area contributed by atoms with Gasteiger partial charge in [0.25, 0.3) is 0 Å². The Morgan fingerprint density at radius 1 is 0.721 bits per heavy atom. The van der Waals surface area contributed by atoms with Crippen LogP contribution in [-0.4, -0.2) is 3.21 Å². The Morgan fingerprint density at radius 3 is 1.51 bits per heavy atom. The fraction of sp³-hybridized carbons (Fsp3) is 0.375. The van der Waals surface area contributed by atoms with Crippen LogP contribution in [0.5, 0.6) is 0 Å². The molecule has 1 saturated carbocycles. The maximum atomic E-state index is 2.35. The Bertz CT molecular complexity index is 1470. The van der Waals surface area contributed by atoms with Crippen LogP contribution >= 0.6 is 0 Å². The van der Waals surface area contributed by atoms with E-state index in [-0.39, 0.29) is 35.6 Å². The van der Waals surface area contributed by atoms with E-state index >= 15 is 0 Å². The Kier molecular flexibility index (Phi) is 13.9. The molecule has 0 spiro atoms. The summed E-state index contributed by atoms with van der Waals surface area (Å²) in [4.78, 5) is 0. The molecular formula is C40H48Cl2Zr-2. The van der Waals surface area contributed by atoms with Gasteiger partial charge in [-0.2, -0.15) is 18.2 Å². The minimum absolute atomic E-state index is 0. The van der Waals surface area contributed by atoms with E-state index < -0.39 is 0 Å². The molecule has 0 aromatic heterocycles. The molecule has 0 unspecified atom stereocenters. The number of hydrogen-bond donors (Lipinski definition) is 0. The van der Waals surface area contributed by atoms with Crippen molar-refractivity contribution >= 4 is 24.8 Å². The van der Waals surface area contributed by atoms with Crippen LogP contribution in [0.4, 0.5) is 0 Å². The zero-order valence-electron chi connectivity index (χ0n) is 27.3. The molecule has 1 aliphatic carbocycles. The van der Waals surface area contributed by atoms with E-state index in [1.807, 2.05) is 30.3 Å². The summed E-state index contributed by atoms with van der Waals surface area (Å²) in [6, 6.07) is 35.4. The minimum Gasteiger partial charge on any atom is -1.00 e. The number of benzene rings is 3. The third-order valence-corrected chi connectivity index (χ3v) is 10.1. The molecule has 228 valence electrons. The molecule has 0 heterocycles. The summed E-state index contributed by atoms with van der Waals surface area (Å²) in [5.41, 5.74) is 6.16. The SMILES string of the molecule is CC(C)(C)c1ccc2c(c1)[cH-]c1cc(C(C)(C)C)ccc12.CC(C)c1ccc([C](=[Zr+2])C2CCC2)cc1.[Cl-].[Cl-].c1cc[cH-]c1. The maximum absolute atomic E-state index is 2.35. The summed E-state index contributed by atoms with van der Waals surface area (Å²) in [5.74, 6) is 1.56. The molecule has 0 saturated heterocycles. The van der Waals surface area contributed by atoms with Crippen molar-refractivity contribution in [2.45, 2.75) is 91.4 Å². The number of fused-ring (bicyclic) bond motifs is 3. The van der Waals surface area contributed by atoms with Gasteiger partial charge in [-0.15, -0.1) is 39.7 Å². The molecule has 0 amide bonds. The average Bonchev–Trinajstić information content (AvgIpc) is 3.58. The van der Waals surface area contributed by atoms with Gasteiger partial charge in [0, 0.05) is 0 Å². The third kappa shape index (κ3) is 9.85. The first kappa shape index (κ1) is 37.4. The van der Waals surface area contributed by atoms with Crippen LogP contribution in [0.3, 0.4) is 0 Å². The van der Waals surface area contributed by atoms with Crippen LogP contribution in [0.25, 0.3) is 21.5 Å². The zero-order chi connectivity index (χ0) is 29.8. The average molecular weight is 691 g/mol. The van der Waals surface area contributed by atoms with Gasteiger partial charge in [-0.1, -0.05) is 76.9 Å². The molecule has 1 aliphatic rings. The van der Waals surface area contributed by atoms with Gasteiger partial charge >= 0.3 is 108 Å². The quantitative estimate of drug-likeness (QED) is 0.223. The summed E-state index contributed by atoms with van der Waals surface area (Å²) in [6.45, 7) is 18.1. The molecule has 0 N–H and O–H groups in total. The fourth-order valence-electron chi connectivity index (χ4n) is 5.26. The standard InChI is InChI=1S/C21H25.C14H18.C5H5.2ClH.Zr/c1-20(2,3)16-7-9-18-14(12-16)11-15-13-17(21(4,5)6)8-10-19(15)18;1-11(2)14-8-6-13(7-9-14)10-12-4-3-5-12;1-2-4-5-3-1;;;/h7-13H,1-6H3;6-9,11-12H,3-5H2,1-2H3;1-5H;2*1H;/q-1;;-1;;;+2/p-2. The van der Waals surface area contributed by atoms with E-state index in [2.05, 4.69) is 122 Å². The monoisotopic (exact) mass is 688 g/mol. The van der Waals surface area contributed by atoms with E-state index in [4.69, 9.17) is 0 Å². The van der Waals surface area contributed by atoms with E-state index in [9.17, 15) is 0 Å². The summed E-state index contributed by atoms with van der Waals surface area (Å²) in [7, 11) is 0. The van der Waals surface area contributed by atoms with Gasteiger partial charge < -0.3 is 24.8 Å². The van der Waals surface area contributed by atoms with Crippen LogP contribution in [0.2, 0.25) is 0 Å². The molecule has 5 aromatic rings. The summed E-state index contributed by atoms with van der Waals surface area (Å²) < 4.78 is 1.68. The van der Waals surface area contributed by atoms with Gasteiger partial charge in [0.1, 0.15) is 0 Å². The van der Waals surface area contributed by atoms with E-state index in [1.54, 1.807) is 27.4 Å². The van der Waals surface area contributed by atoms with Crippen molar-refractivity contribution in [3.8, 4) is 0 Å². The second-order valence-electron chi connectivity index (χ2n) is 14.0. The van der Waals surface area contributed by atoms with Crippen LogP contribution in [0.15, 0.2) is 97.1 Å². The van der Waals surface area contributed by atoms with Gasteiger partial charge in [-0.3, -0.25) is 0 Å². The molecule has 0 radical (unpaired) electrons. The molecule has 0 nitrogen and oxygen atoms in total. The second kappa shape index (κ2) is 16.0. The van der Waals surface area contributed by atoms with Crippen molar-refractivity contribution in [1.82, 2.24) is 0 Å². The van der Waals surface area contributed by atoms with Gasteiger partial charge in [0.05, 0.1) is 0 Å². The molecule has 6 rings (SSSR count). The molecule has 43 heavy (non-hydrogen) atoms. The van der Waals surface area contributed by atoms with Gasteiger partial charge in [-0.05, 0) is 10.8 Å². The summed E-state index contributed by atoms with van der Waals surface area (Å²) >= 11 is 1.61. The van der Waals surface area contributed by atoms with Crippen molar-refractivity contribution in [2.75, 3.05) is 0 Å². The molecular weight excluding hydrogens is 643 g/mol. The Hall–Kier alpha value is -1.79. The van der Waals surface area contributed by atoms with E-state index in [1.165, 1.54) is 63.1 Å². The van der Waals surface area contributed by atoms with Crippen molar-refractivity contribution in [2.24, 2.45) is 5.92 Å². The van der Waals surface area contributed by atoms with Crippen LogP contribution in [0.1, 0.15) is 103 Å². The van der Waals surface area contributed by atoms with Gasteiger partial charge in [0.2, 0.25) is 0 Å². The fourth-order valence-corrected chi connectivity index (χ4v) is 6.38. The molecule has 0 bridgehead atoms. The van der Waals surface area contributed by atoms with Crippen LogP contribution in [-0.2, 0) is 35.1 Å². The van der Waals surface area contributed by atoms with Crippen LogP contribution < -0.4 is 24.8 Å². The first-order chi connectivity index (χ1) is 19.3. The first-order valence-corrected chi connectivity index (χ1v) is 16.6. The normalized spacial score (nSPS) is 13.2. The zero-order valence-corrected chi connectivity index (χ0v) is 31.2. The molecule has 1 fully saturated rings. The number of hydrogen-bond acceptors (Lipinski definition) is 0. The smallest absolute Gasteiger partial charge is 0.172 e. The number of rotatable bonds is 3. The minimum atomic E-state index is 0. The Labute approximate surface area is 288 Å². The largest absolute Gasteiger partial charge is 1.00 e. The van der Waals surface area contributed by atoms with Gasteiger partial charge in [-0.25, -0.2) is 12.1 Å². The summed E-state index contributed by atoms with van der Waals surface area (Å²) in [6.07, 6.45) is 4.28. The van der Waals surface area contributed by atoms with Crippen molar-refractivity contribution < 1.29 is 49.0 Å². The second-order valence-corrected chi connectivity index (χ2v) is 15.4. The first-order valence-electron chi connectivity index (χ1n) is 15.3. The number of halogens is 2. The van der Waals surface area contributed by atoms with Gasteiger partial charge in [0.15, 0.2) is 0 Å². The van der Waals surface area contributed by atoms with E-state index in [0.717, 1.165) is 5.92 Å². The van der Waals surface area contributed by atoms with Crippen molar-refractivity contribution in [1.29, 1.82) is 0 Å².